The van der Waals surface area contributed by atoms with Crippen molar-refractivity contribution < 1.29 is 12.8 Å². The Morgan fingerprint density at radius 1 is 1.00 bits per heavy atom. The molecule has 0 N–H and O–H groups in total. The predicted molar refractivity (Wildman–Crippen MR) is 113 cm³/mol. The highest BCUT2D eigenvalue weighted by atomic mass is 32.2. The topological polar surface area (TPSA) is 67.6 Å². The largest absolute Gasteiger partial charge is 0.286 e. The van der Waals surface area contributed by atoms with Gasteiger partial charge in [0.1, 0.15) is 16.5 Å². The van der Waals surface area contributed by atoms with Crippen LogP contribution < -0.4 is 4.31 Å². The number of benzene rings is 2. The minimum absolute atomic E-state index is 0.0140. The molecule has 0 unspecified atom stereocenters. The first kappa shape index (κ1) is 20.0. The Hall–Kier alpha value is -3.26. The van der Waals surface area contributed by atoms with Crippen molar-refractivity contribution in [1.82, 2.24) is 14.6 Å². The lowest BCUT2D eigenvalue weighted by Gasteiger charge is -2.25. The molecular weight excluding hydrogens is 403 g/mol. The van der Waals surface area contributed by atoms with Gasteiger partial charge in [0.2, 0.25) is 0 Å². The maximum atomic E-state index is 14.0. The monoisotopic (exact) mass is 424 g/mol. The SMILES string of the molecule is Cc1ccc(C)c(CN(c2cccc(F)c2)S(=O)(=O)c2cccn3c(C)nnc23)c1. The summed E-state index contributed by atoms with van der Waals surface area (Å²) in [7, 11) is -4.07. The van der Waals surface area contributed by atoms with Crippen LogP contribution in [0.3, 0.4) is 0 Å². The molecule has 2 aromatic carbocycles. The van der Waals surface area contributed by atoms with E-state index >= 15 is 0 Å². The Labute approximate surface area is 174 Å². The number of anilines is 1. The van der Waals surface area contributed by atoms with Gasteiger partial charge in [0, 0.05) is 6.20 Å². The number of sulfonamides is 1. The Morgan fingerprint density at radius 3 is 2.57 bits per heavy atom. The van der Waals surface area contributed by atoms with E-state index in [-0.39, 0.29) is 22.8 Å². The summed E-state index contributed by atoms with van der Waals surface area (Å²) < 4.78 is 44.4. The van der Waals surface area contributed by atoms with Crippen molar-refractivity contribution in [3.05, 3.63) is 89.1 Å². The van der Waals surface area contributed by atoms with E-state index in [1.165, 1.54) is 28.6 Å². The molecule has 30 heavy (non-hydrogen) atoms. The van der Waals surface area contributed by atoms with Crippen LogP contribution in [0.5, 0.6) is 0 Å². The zero-order chi connectivity index (χ0) is 21.5. The quantitative estimate of drug-likeness (QED) is 0.482. The van der Waals surface area contributed by atoms with Crippen LogP contribution in [-0.4, -0.2) is 23.0 Å². The first-order chi connectivity index (χ1) is 14.3. The number of pyridine rings is 1. The summed E-state index contributed by atoms with van der Waals surface area (Å²) in [6.45, 7) is 5.68. The summed E-state index contributed by atoms with van der Waals surface area (Å²) >= 11 is 0. The zero-order valence-electron chi connectivity index (χ0n) is 16.9. The van der Waals surface area contributed by atoms with E-state index < -0.39 is 15.8 Å². The van der Waals surface area contributed by atoms with E-state index in [4.69, 9.17) is 0 Å². The molecule has 0 aliphatic rings. The fourth-order valence-corrected chi connectivity index (χ4v) is 4.96. The second-order valence-corrected chi connectivity index (χ2v) is 9.07. The molecule has 0 aliphatic carbocycles. The van der Waals surface area contributed by atoms with Gasteiger partial charge in [0.15, 0.2) is 5.65 Å². The summed E-state index contributed by atoms with van der Waals surface area (Å²) in [4.78, 5) is 0.0140. The Morgan fingerprint density at radius 2 is 1.80 bits per heavy atom. The van der Waals surface area contributed by atoms with E-state index in [1.807, 2.05) is 32.0 Å². The number of hydrogen-bond donors (Lipinski definition) is 0. The van der Waals surface area contributed by atoms with Crippen LogP contribution in [0, 0.1) is 26.6 Å². The highest BCUT2D eigenvalue weighted by Crippen LogP contribution is 2.29. The minimum Gasteiger partial charge on any atom is -0.286 e. The van der Waals surface area contributed by atoms with Crippen molar-refractivity contribution in [2.75, 3.05) is 4.31 Å². The average Bonchev–Trinajstić information content (AvgIpc) is 3.09. The van der Waals surface area contributed by atoms with E-state index in [2.05, 4.69) is 10.2 Å². The van der Waals surface area contributed by atoms with E-state index in [9.17, 15) is 12.8 Å². The van der Waals surface area contributed by atoms with Gasteiger partial charge in [-0.3, -0.25) is 8.71 Å². The van der Waals surface area contributed by atoms with Gasteiger partial charge in [-0.25, -0.2) is 12.8 Å². The van der Waals surface area contributed by atoms with Crippen LogP contribution in [0.2, 0.25) is 0 Å². The molecule has 0 radical (unpaired) electrons. The first-order valence-electron chi connectivity index (χ1n) is 9.42. The Kier molecular flexibility index (Phi) is 5.03. The van der Waals surface area contributed by atoms with Crippen LogP contribution in [-0.2, 0) is 16.6 Å². The molecule has 0 amide bonds. The van der Waals surface area contributed by atoms with Crippen LogP contribution >= 0.6 is 0 Å². The van der Waals surface area contributed by atoms with Crippen molar-refractivity contribution >= 4 is 21.4 Å². The van der Waals surface area contributed by atoms with Crippen molar-refractivity contribution in [2.24, 2.45) is 0 Å². The molecule has 4 rings (SSSR count). The predicted octanol–water partition coefficient (Wildman–Crippen LogP) is 4.19. The number of hydrogen-bond acceptors (Lipinski definition) is 4. The lowest BCUT2D eigenvalue weighted by atomic mass is 10.1. The van der Waals surface area contributed by atoms with Gasteiger partial charge < -0.3 is 0 Å². The Bertz CT molecular complexity index is 1350. The molecule has 0 bridgehead atoms. The second-order valence-electron chi connectivity index (χ2n) is 7.23. The van der Waals surface area contributed by atoms with Gasteiger partial charge in [0.05, 0.1) is 12.2 Å². The molecule has 0 spiro atoms. The highest BCUT2D eigenvalue weighted by Gasteiger charge is 2.29. The molecule has 0 saturated heterocycles. The maximum Gasteiger partial charge on any atom is 0.268 e. The van der Waals surface area contributed by atoms with Gasteiger partial charge in [-0.05, 0) is 62.2 Å². The van der Waals surface area contributed by atoms with Gasteiger partial charge in [0.25, 0.3) is 10.0 Å². The van der Waals surface area contributed by atoms with Crippen LogP contribution in [0.4, 0.5) is 10.1 Å². The molecule has 4 aromatic rings. The van der Waals surface area contributed by atoms with Crippen molar-refractivity contribution in [3.63, 3.8) is 0 Å². The third kappa shape index (κ3) is 3.54. The fourth-order valence-electron chi connectivity index (χ4n) is 3.40. The number of halogens is 1. The molecule has 8 heteroatoms. The number of aryl methyl sites for hydroxylation is 3. The van der Waals surface area contributed by atoms with E-state index in [0.29, 0.717) is 5.82 Å². The lowest BCUT2D eigenvalue weighted by molar-refractivity contribution is 0.590. The van der Waals surface area contributed by atoms with Crippen molar-refractivity contribution in [2.45, 2.75) is 32.2 Å². The third-order valence-electron chi connectivity index (χ3n) is 5.05. The normalized spacial score (nSPS) is 11.7. The maximum absolute atomic E-state index is 14.0. The molecule has 0 fully saturated rings. The summed E-state index contributed by atoms with van der Waals surface area (Å²) in [5.41, 5.74) is 3.29. The van der Waals surface area contributed by atoms with Crippen molar-refractivity contribution in [1.29, 1.82) is 0 Å². The molecule has 2 heterocycles. The summed E-state index contributed by atoms with van der Waals surface area (Å²) in [6.07, 6.45) is 1.71. The van der Waals surface area contributed by atoms with Gasteiger partial charge in [-0.2, -0.15) is 0 Å². The van der Waals surface area contributed by atoms with E-state index in [0.717, 1.165) is 16.7 Å². The minimum atomic E-state index is -4.07. The Balaban J connectivity index is 1.91. The van der Waals surface area contributed by atoms with E-state index in [1.54, 1.807) is 29.7 Å². The van der Waals surface area contributed by atoms with Crippen molar-refractivity contribution in [3.8, 4) is 0 Å². The van der Waals surface area contributed by atoms with Gasteiger partial charge >= 0.3 is 0 Å². The van der Waals surface area contributed by atoms with Gasteiger partial charge in [-0.15, -0.1) is 10.2 Å². The third-order valence-corrected chi connectivity index (χ3v) is 6.85. The number of fused-ring (bicyclic) bond motifs is 1. The molecule has 0 aliphatic heterocycles. The number of rotatable bonds is 5. The smallest absolute Gasteiger partial charge is 0.268 e. The van der Waals surface area contributed by atoms with Crippen LogP contribution in [0.15, 0.2) is 65.7 Å². The standard InChI is InChI=1S/C22H21FN4O2S/c1-15-9-10-16(2)18(12-15)14-27(20-7-4-6-19(23)13-20)30(28,29)21-8-5-11-26-17(3)24-25-22(21)26/h4-13H,14H2,1-3H3. The summed E-state index contributed by atoms with van der Waals surface area (Å²) in [5.74, 6) is 0.0686. The molecule has 0 saturated carbocycles. The molecule has 154 valence electrons. The highest BCUT2D eigenvalue weighted by molar-refractivity contribution is 7.93. The van der Waals surface area contributed by atoms with Crippen LogP contribution in [0.1, 0.15) is 22.5 Å². The molecule has 0 atom stereocenters. The summed E-state index contributed by atoms with van der Waals surface area (Å²) in [5, 5.41) is 8.05. The molecular formula is C22H21FN4O2S. The summed E-state index contributed by atoms with van der Waals surface area (Å²) in [6, 6.07) is 14.6. The molecule has 6 nitrogen and oxygen atoms in total. The second kappa shape index (κ2) is 7.53. The number of aromatic nitrogens is 3. The fraction of sp³-hybridized carbons (Fsp3) is 0.182. The van der Waals surface area contributed by atoms with Crippen LogP contribution in [0.25, 0.3) is 5.65 Å². The molecule has 2 aromatic heterocycles. The lowest BCUT2D eigenvalue weighted by Crippen LogP contribution is -2.31. The number of nitrogens with zero attached hydrogens (tertiary/aromatic N) is 4. The van der Waals surface area contributed by atoms with Gasteiger partial charge in [-0.1, -0.05) is 29.8 Å². The average molecular weight is 425 g/mol. The zero-order valence-corrected chi connectivity index (χ0v) is 17.7. The first-order valence-corrected chi connectivity index (χ1v) is 10.9.